The highest BCUT2D eigenvalue weighted by molar-refractivity contribution is 9.10. The van der Waals surface area contributed by atoms with Gasteiger partial charge in [-0.05, 0) is 34.0 Å². The molecule has 3 rings (SSSR count). The van der Waals surface area contributed by atoms with Gasteiger partial charge in [0.1, 0.15) is 0 Å². The summed E-state index contributed by atoms with van der Waals surface area (Å²) in [6.07, 6.45) is 0.328. The van der Waals surface area contributed by atoms with E-state index >= 15 is 0 Å². The van der Waals surface area contributed by atoms with Gasteiger partial charge in [0, 0.05) is 4.47 Å². The number of nitrogens with one attached hydrogen (secondary N) is 1. The summed E-state index contributed by atoms with van der Waals surface area (Å²) in [5.41, 5.74) is 1.81. The van der Waals surface area contributed by atoms with E-state index in [9.17, 15) is 9.59 Å². The van der Waals surface area contributed by atoms with Crippen LogP contribution in [0, 0.1) is 0 Å². The maximum absolute atomic E-state index is 12.7. The van der Waals surface area contributed by atoms with E-state index in [1.807, 2.05) is 66.7 Å². The summed E-state index contributed by atoms with van der Waals surface area (Å²) >= 11 is 3.40. The van der Waals surface area contributed by atoms with Crippen molar-refractivity contribution in [1.29, 1.82) is 0 Å². The fourth-order valence-corrected chi connectivity index (χ4v) is 3.33. The number of hydrogen-bond acceptors (Lipinski definition) is 3. The molecule has 1 N–H and O–H groups in total. The van der Waals surface area contributed by atoms with E-state index in [0.717, 1.165) is 26.4 Å². The maximum atomic E-state index is 12.7. The predicted molar refractivity (Wildman–Crippen MR) is 109 cm³/mol. The van der Waals surface area contributed by atoms with Gasteiger partial charge in [-0.1, -0.05) is 70.5 Å². The summed E-state index contributed by atoms with van der Waals surface area (Å²) in [5, 5.41) is 5.13. The summed E-state index contributed by atoms with van der Waals surface area (Å²) in [6, 6.07) is 21.0. The highest BCUT2D eigenvalue weighted by atomic mass is 79.9. The maximum Gasteiger partial charge on any atom is 0.307 e. The van der Waals surface area contributed by atoms with Gasteiger partial charge in [0.15, 0.2) is 0 Å². The molecule has 27 heavy (non-hydrogen) atoms. The Hall–Kier alpha value is -2.66. The summed E-state index contributed by atoms with van der Waals surface area (Å²) in [7, 11) is 1.35. The SMILES string of the molecule is COC(=O)CC(NC(=O)Cc1cccc2ccccc12)c1ccc(Br)cc1. The molecule has 3 aromatic rings. The third-order valence-corrected chi connectivity index (χ3v) is 4.97. The highest BCUT2D eigenvalue weighted by Gasteiger charge is 2.19. The van der Waals surface area contributed by atoms with Crippen LogP contribution in [0.25, 0.3) is 10.8 Å². The zero-order valence-corrected chi connectivity index (χ0v) is 16.5. The number of benzene rings is 3. The summed E-state index contributed by atoms with van der Waals surface area (Å²) in [5.74, 6) is -0.503. The second-order valence-corrected chi connectivity index (χ2v) is 7.18. The molecule has 4 nitrogen and oxygen atoms in total. The molecule has 0 aliphatic heterocycles. The minimum atomic E-state index is -0.437. The molecular weight excluding hydrogens is 406 g/mol. The number of hydrogen-bond donors (Lipinski definition) is 1. The quantitative estimate of drug-likeness (QED) is 0.588. The standard InChI is InChI=1S/C22H20BrNO3/c1-27-22(26)14-20(16-9-11-18(23)12-10-16)24-21(25)13-17-7-4-6-15-5-2-3-8-19(15)17/h2-12,20H,13-14H2,1H3,(H,24,25). The first-order valence-corrected chi connectivity index (χ1v) is 9.44. The van der Waals surface area contributed by atoms with Crippen molar-refractivity contribution < 1.29 is 14.3 Å². The van der Waals surface area contributed by atoms with E-state index in [0.29, 0.717) is 0 Å². The number of carbonyl (C=O) groups is 2. The molecule has 1 amide bonds. The number of carbonyl (C=O) groups excluding carboxylic acids is 2. The molecule has 0 spiro atoms. The van der Waals surface area contributed by atoms with Gasteiger partial charge in [-0.3, -0.25) is 9.59 Å². The first kappa shape index (κ1) is 19.1. The van der Waals surface area contributed by atoms with E-state index in [-0.39, 0.29) is 24.7 Å². The van der Waals surface area contributed by atoms with Gasteiger partial charge in [0.2, 0.25) is 5.91 Å². The van der Waals surface area contributed by atoms with E-state index in [4.69, 9.17) is 4.74 Å². The van der Waals surface area contributed by atoms with Crippen molar-refractivity contribution in [3.63, 3.8) is 0 Å². The normalized spacial score (nSPS) is 11.8. The Kier molecular flexibility index (Phi) is 6.24. The predicted octanol–water partition coefficient (Wildman–Crippen LogP) is 4.57. The van der Waals surface area contributed by atoms with Crippen LogP contribution in [0.1, 0.15) is 23.6 Å². The number of esters is 1. The Balaban J connectivity index is 1.79. The van der Waals surface area contributed by atoms with Crippen LogP contribution >= 0.6 is 15.9 Å². The molecular formula is C22H20BrNO3. The van der Waals surface area contributed by atoms with Crippen LogP contribution in [0.4, 0.5) is 0 Å². The largest absolute Gasteiger partial charge is 0.469 e. The van der Waals surface area contributed by atoms with Gasteiger partial charge in [-0.15, -0.1) is 0 Å². The lowest BCUT2D eigenvalue weighted by molar-refractivity contribution is -0.141. The van der Waals surface area contributed by atoms with Crippen LogP contribution in [0.2, 0.25) is 0 Å². The van der Waals surface area contributed by atoms with Crippen molar-refractivity contribution in [2.75, 3.05) is 7.11 Å². The summed E-state index contributed by atoms with van der Waals surface area (Å²) < 4.78 is 5.72. The number of fused-ring (bicyclic) bond motifs is 1. The number of methoxy groups -OCH3 is 1. The number of rotatable bonds is 6. The minimum Gasteiger partial charge on any atom is -0.469 e. The molecule has 1 unspecified atom stereocenters. The molecule has 0 saturated carbocycles. The van der Waals surface area contributed by atoms with Gasteiger partial charge in [0.25, 0.3) is 0 Å². The molecule has 5 heteroatoms. The van der Waals surface area contributed by atoms with Crippen LogP contribution in [0.3, 0.4) is 0 Å². The van der Waals surface area contributed by atoms with Crippen LogP contribution in [0.5, 0.6) is 0 Å². The lowest BCUT2D eigenvalue weighted by atomic mass is 10.0. The van der Waals surface area contributed by atoms with Gasteiger partial charge in [-0.25, -0.2) is 0 Å². The van der Waals surface area contributed by atoms with E-state index in [1.165, 1.54) is 7.11 Å². The van der Waals surface area contributed by atoms with Crippen molar-refractivity contribution >= 4 is 38.6 Å². The van der Waals surface area contributed by atoms with Crippen LogP contribution in [-0.2, 0) is 20.7 Å². The minimum absolute atomic E-state index is 0.0827. The molecule has 138 valence electrons. The molecule has 0 bridgehead atoms. The second-order valence-electron chi connectivity index (χ2n) is 6.27. The van der Waals surface area contributed by atoms with Crippen LogP contribution < -0.4 is 5.32 Å². The Labute approximate surface area is 166 Å². The average molecular weight is 426 g/mol. The van der Waals surface area contributed by atoms with E-state index < -0.39 is 6.04 Å². The molecule has 0 radical (unpaired) electrons. The molecule has 0 heterocycles. The van der Waals surface area contributed by atoms with Gasteiger partial charge >= 0.3 is 5.97 Å². The second kappa shape index (κ2) is 8.82. The van der Waals surface area contributed by atoms with Crippen molar-refractivity contribution in [2.24, 2.45) is 0 Å². The fraction of sp³-hybridized carbons (Fsp3) is 0.182. The molecule has 0 aromatic heterocycles. The summed E-state index contributed by atoms with van der Waals surface area (Å²) in [4.78, 5) is 24.5. The molecule has 1 atom stereocenters. The van der Waals surface area contributed by atoms with Crippen LogP contribution in [-0.4, -0.2) is 19.0 Å². The number of ether oxygens (including phenoxy) is 1. The fourth-order valence-electron chi connectivity index (χ4n) is 3.06. The number of amides is 1. The Morgan fingerprint density at radius 1 is 1.00 bits per heavy atom. The Morgan fingerprint density at radius 2 is 1.70 bits per heavy atom. The molecule has 0 aliphatic carbocycles. The van der Waals surface area contributed by atoms with Crippen molar-refractivity contribution in [3.8, 4) is 0 Å². The monoisotopic (exact) mass is 425 g/mol. The summed E-state index contributed by atoms with van der Waals surface area (Å²) in [6.45, 7) is 0. The van der Waals surface area contributed by atoms with Crippen molar-refractivity contribution in [3.05, 3.63) is 82.3 Å². The topological polar surface area (TPSA) is 55.4 Å². The first-order valence-electron chi connectivity index (χ1n) is 8.65. The number of halogens is 1. The third-order valence-electron chi connectivity index (χ3n) is 4.44. The first-order chi connectivity index (χ1) is 13.1. The van der Waals surface area contributed by atoms with Crippen LogP contribution in [0.15, 0.2) is 71.2 Å². The smallest absolute Gasteiger partial charge is 0.307 e. The lowest BCUT2D eigenvalue weighted by Crippen LogP contribution is -2.31. The van der Waals surface area contributed by atoms with Gasteiger partial charge in [0.05, 0.1) is 26.0 Å². The highest BCUT2D eigenvalue weighted by Crippen LogP contribution is 2.22. The third kappa shape index (κ3) is 4.95. The Bertz CT molecular complexity index is 948. The van der Waals surface area contributed by atoms with Crippen molar-refractivity contribution in [2.45, 2.75) is 18.9 Å². The molecule has 3 aromatic carbocycles. The van der Waals surface area contributed by atoms with E-state index in [1.54, 1.807) is 0 Å². The lowest BCUT2D eigenvalue weighted by Gasteiger charge is -2.19. The van der Waals surface area contributed by atoms with Gasteiger partial charge < -0.3 is 10.1 Å². The zero-order valence-electron chi connectivity index (χ0n) is 14.9. The van der Waals surface area contributed by atoms with Gasteiger partial charge in [-0.2, -0.15) is 0 Å². The van der Waals surface area contributed by atoms with Crippen molar-refractivity contribution in [1.82, 2.24) is 5.32 Å². The zero-order chi connectivity index (χ0) is 19.2. The molecule has 0 fully saturated rings. The molecule has 0 saturated heterocycles. The Morgan fingerprint density at radius 3 is 2.44 bits per heavy atom. The van der Waals surface area contributed by atoms with E-state index in [2.05, 4.69) is 21.2 Å². The molecule has 0 aliphatic rings. The average Bonchev–Trinajstić information content (AvgIpc) is 2.68.